The number of benzene rings is 3. The van der Waals surface area contributed by atoms with E-state index in [1.165, 1.54) is 0 Å². The Balaban J connectivity index is 1.56. The Morgan fingerprint density at radius 3 is 2.22 bits per heavy atom. The summed E-state index contributed by atoms with van der Waals surface area (Å²) in [6.07, 6.45) is 2.66. The van der Waals surface area contributed by atoms with E-state index < -0.39 is 6.04 Å². The summed E-state index contributed by atoms with van der Waals surface area (Å²) in [5, 5.41) is 12.6. The molecule has 2 amide bonds. The van der Waals surface area contributed by atoms with Crippen molar-refractivity contribution >= 4 is 11.8 Å². The molecule has 0 aromatic heterocycles. The molecule has 0 heterocycles. The molecular formula is C30H34N2O4. The number of aromatic hydroxyl groups is 1. The highest BCUT2D eigenvalue weighted by Gasteiger charge is 2.41. The van der Waals surface area contributed by atoms with Crippen molar-refractivity contribution < 1.29 is 19.4 Å². The summed E-state index contributed by atoms with van der Waals surface area (Å²) in [5.41, 5.74) is 2.74. The van der Waals surface area contributed by atoms with Crippen LogP contribution in [-0.4, -0.2) is 34.0 Å². The van der Waals surface area contributed by atoms with E-state index in [2.05, 4.69) is 5.32 Å². The second-order valence-electron chi connectivity index (χ2n) is 9.54. The Hall–Kier alpha value is -3.80. The van der Waals surface area contributed by atoms with Crippen molar-refractivity contribution in [3.8, 4) is 11.5 Å². The molecule has 3 aromatic rings. The van der Waals surface area contributed by atoms with Crippen molar-refractivity contribution in [3.63, 3.8) is 0 Å². The monoisotopic (exact) mass is 486 g/mol. The first-order chi connectivity index (χ1) is 17.4. The highest BCUT2D eigenvalue weighted by atomic mass is 16.5. The van der Waals surface area contributed by atoms with Crippen LogP contribution in [0.25, 0.3) is 0 Å². The lowest BCUT2D eigenvalue weighted by atomic mass is 10.0. The number of nitrogens with zero attached hydrogens (tertiary/aromatic N) is 1. The van der Waals surface area contributed by atoms with Crippen molar-refractivity contribution in [2.24, 2.45) is 0 Å². The third-order valence-corrected chi connectivity index (χ3v) is 6.20. The summed E-state index contributed by atoms with van der Waals surface area (Å²) < 4.78 is 5.78. The Bertz CT molecular complexity index is 1140. The maximum Gasteiger partial charge on any atom is 0.247 e. The maximum atomic E-state index is 13.6. The van der Waals surface area contributed by atoms with Gasteiger partial charge in [-0.2, -0.15) is 0 Å². The summed E-state index contributed by atoms with van der Waals surface area (Å²) in [7, 11) is 0. The molecule has 6 heteroatoms. The van der Waals surface area contributed by atoms with E-state index in [4.69, 9.17) is 4.74 Å². The minimum Gasteiger partial charge on any atom is -0.508 e. The van der Waals surface area contributed by atoms with Gasteiger partial charge < -0.3 is 20.1 Å². The Morgan fingerprint density at radius 1 is 0.944 bits per heavy atom. The van der Waals surface area contributed by atoms with Gasteiger partial charge in [-0.15, -0.1) is 0 Å². The van der Waals surface area contributed by atoms with Gasteiger partial charge in [-0.1, -0.05) is 54.6 Å². The number of ether oxygens (including phenoxy) is 1. The number of nitrogens with one attached hydrogen (secondary N) is 1. The average molecular weight is 487 g/mol. The molecule has 2 N–H and O–H groups in total. The molecule has 3 aromatic carbocycles. The van der Waals surface area contributed by atoms with Crippen LogP contribution in [0.2, 0.25) is 0 Å². The van der Waals surface area contributed by atoms with Crippen LogP contribution in [0.4, 0.5) is 0 Å². The van der Waals surface area contributed by atoms with Crippen molar-refractivity contribution in [3.05, 3.63) is 95.6 Å². The standard InChI is InChI=1S/C30H34N2O4/c1-21(2)36-27-17-11-24(12-18-27)29(30(35)31-20-23-6-4-3-5-7-23)32(25-13-14-25)28(34)19-10-22-8-15-26(33)16-9-22/h3-9,11-12,15-18,21,25,29,33H,10,13-14,19-20H2,1-2H3,(H,31,35). The first-order valence-corrected chi connectivity index (χ1v) is 12.6. The molecule has 36 heavy (non-hydrogen) atoms. The van der Waals surface area contributed by atoms with Gasteiger partial charge in [0.25, 0.3) is 0 Å². The molecule has 1 aliphatic carbocycles. The van der Waals surface area contributed by atoms with Gasteiger partial charge in [-0.25, -0.2) is 0 Å². The van der Waals surface area contributed by atoms with Crippen LogP contribution < -0.4 is 10.1 Å². The quantitative estimate of drug-likeness (QED) is 0.392. The van der Waals surface area contributed by atoms with Gasteiger partial charge in [0.05, 0.1) is 6.10 Å². The molecule has 4 rings (SSSR count). The fourth-order valence-corrected chi connectivity index (χ4v) is 4.28. The van der Waals surface area contributed by atoms with Crippen LogP contribution in [0.1, 0.15) is 55.8 Å². The van der Waals surface area contributed by atoms with E-state index in [0.717, 1.165) is 35.3 Å². The second-order valence-corrected chi connectivity index (χ2v) is 9.54. The van der Waals surface area contributed by atoms with Gasteiger partial charge in [-0.3, -0.25) is 9.59 Å². The van der Waals surface area contributed by atoms with Gasteiger partial charge in [0, 0.05) is 19.0 Å². The third kappa shape index (κ3) is 6.87. The Kier molecular flexibility index (Phi) is 8.26. The van der Waals surface area contributed by atoms with E-state index in [-0.39, 0.29) is 36.1 Å². The summed E-state index contributed by atoms with van der Waals surface area (Å²) in [5.74, 6) is 0.688. The lowest BCUT2D eigenvalue weighted by Crippen LogP contribution is -2.45. The highest BCUT2D eigenvalue weighted by molar-refractivity contribution is 5.89. The lowest BCUT2D eigenvalue weighted by Gasteiger charge is -2.32. The van der Waals surface area contributed by atoms with Crippen LogP contribution >= 0.6 is 0 Å². The Morgan fingerprint density at radius 2 is 1.61 bits per heavy atom. The van der Waals surface area contributed by atoms with Gasteiger partial charge >= 0.3 is 0 Å². The summed E-state index contributed by atoms with van der Waals surface area (Å²) in [4.78, 5) is 28.9. The molecule has 188 valence electrons. The van der Waals surface area contributed by atoms with Gasteiger partial charge in [0.15, 0.2) is 0 Å². The summed E-state index contributed by atoms with van der Waals surface area (Å²) in [6.45, 7) is 4.33. The second kappa shape index (κ2) is 11.8. The zero-order valence-electron chi connectivity index (χ0n) is 20.9. The van der Waals surface area contributed by atoms with E-state index in [9.17, 15) is 14.7 Å². The number of hydrogen-bond donors (Lipinski definition) is 2. The first kappa shape index (κ1) is 25.3. The smallest absolute Gasteiger partial charge is 0.247 e. The number of aryl methyl sites for hydroxylation is 1. The minimum absolute atomic E-state index is 0.0465. The molecule has 0 bridgehead atoms. The lowest BCUT2D eigenvalue weighted by molar-refractivity contribution is -0.141. The van der Waals surface area contributed by atoms with Crippen LogP contribution in [0, 0.1) is 0 Å². The maximum absolute atomic E-state index is 13.6. The number of amides is 2. The molecule has 6 nitrogen and oxygen atoms in total. The molecule has 0 radical (unpaired) electrons. The zero-order chi connectivity index (χ0) is 25.5. The molecule has 1 aliphatic rings. The molecular weight excluding hydrogens is 452 g/mol. The SMILES string of the molecule is CC(C)Oc1ccc(C(C(=O)NCc2ccccc2)N(C(=O)CCc2ccc(O)cc2)C2CC2)cc1. The van der Waals surface area contributed by atoms with Crippen molar-refractivity contribution in [2.75, 3.05) is 0 Å². The molecule has 1 unspecified atom stereocenters. The Labute approximate surface area is 212 Å². The molecule has 0 saturated heterocycles. The van der Waals surface area contributed by atoms with Crippen molar-refractivity contribution in [2.45, 2.75) is 64.3 Å². The molecule has 1 fully saturated rings. The topological polar surface area (TPSA) is 78.9 Å². The summed E-state index contributed by atoms with van der Waals surface area (Å²) >= 11 is 0. The van der Waals surface area contributed by atoms with Gasteiger partial charge in [0.1, 0.15) is 17.5 Å². The number of hydrogen-bond acceptors (Lipinski definition) is 4. The predicted octanol–water partition coefficient (Wildman–Crippen LogP) is 5.16. The fourth-order valence-electron chi connectivity index (χ4n) is 4.28. The van der Waals surface area contributed by atoms with Gasteiger partial charge in [0.2, 0.25) is 11.8 Å². The van der Waals surface area contributed by atoms with E-state index in [1.807, 2.05) is 80.6 Å². The molecule has 0 spiro atoms. The largest absolute Gasteiger partial charge is 0.508 e. The highest BCUT2D eigenvalue weighted by Crippen LogP contribution is 2.36. The minimum atomic E-state index is -0.721. The van der Waals surface area contributed by atoms with Crippen LogP contribution in [0.15, 0.2) is 78.9 Å². The van der Waals surface area contributed by atoms with Gasteiger partial charge in [-0.05, 0) is 74.1 Å². The number of carbonyl (C=O) groups is 2. The molecule has 0 aliphatic heterocycles. The number of carbonyl (C=O) groups excluding carboxylic acids is 2. The number of rotatable bonds is 11. The van der Waals surface area contributed by atoms with E-state index in [0.29, 0.717) is 13.0 Å². The number of phenolic OH excluding ortho intramolecular Hbond substituents is 1. The molecule has 1 atom stereocenters. The van der Waals surface area contributed by atoms with Crippen LogP contribution in [-0.2, 0) is 22.6 Å². The fraction of sp³-hybridized carbons (Fsp3) is 0.333. The van der Waals surface area contributed by atoms with Crippen molar-refractivity contribution in [1.82, 2.24) is 10.2 Å². The normalized spacial score (nSPS) is 13.8. The summed E-state index contributed by atoms with van der Waals surface area (Å²) in [6, 6.07) is 23.5. The predicted molar refractivity (Wildman–Crippen MR) is 140 cm³/mol. The van der Waals surface area contributed by atoms with Crippen LogP contribution in [0.3, 0.4) is 0 Å². The first-order valence-electron chi connectivity index (χ1n) is 12.6. The zero-order valence-corrected chi connectivity index (χ0v) is 20.9. The van der Waals surface area contributed by atoms with E-state index in [1.54, 1.807) is 17.0 Å². The van der Waals surface area contributed by atoms with Crippen LogP contribution in [0.5, 0.6) is 11.5 Å². The molecule has 1 saturated carbocycles. The van der Waals surface area contributed by atoms with Crippen molar-refractivity contribution in [1.29, 1.82) is 0 Å². The van der Waals surface area contributed by atoms with E-state index >= 15 is 0 Å². The number of phenols is 1. The third-order valence-electron chi connectivity index (χ3n) is 6.20. The average Bonchev–Trinajstić information content (AvgIpc) is 3.71.